The van der Waals surface area contributed by atoms with Gasteiger partial charge in [-0.2, -0.15) is 0 Å². The van der Waals surface area contributed by atoms with Crippen molar-refractivity contribution in [2.75, 3.05) is 14.1 Å². The molecule has 0 unspecified atom stereocenters. The molecular formula is C11H11Cl2NO. The van der Waals surface area contributed by atoms with Crippen molar-refractivity contribution in [3.63, 3.8) is 0 Å². The number of rotatable bonds is 3. The number of hydrogen-bond acceptors (Lipinski definition) is 2. The lowest BCUT2D eigenvalue weighted by molar-refractivity contribution is -0.103. The molecule has 0 saturated carbocycles. The summed E-state index contributed by atoms with van der Waals surface area (Å²) in [7, 11) is 3.68. The van der Waals surface area contributed by atoms with Gasteiger partial charge >= 0.3 is 0 Å². The molecule has 0 aromatic heterocycles. The van der Waals surface area contributed by atoms with E-state index in [9.17, 15) is 4.79 Å². The van der Waals surface area contributed by atoms with E-state index >= 15 is 0 Å². The van der Waals surface area contributed by atoms with Crippen LogP contribution in [0.2, 0.25) is 10.0 Å². The fourth-order valence-electron chi connectivity index (χ4n) is 1.17. The van der Waals surface area contributed by atoms with Crippen LogP contribution in [0, 0.1) is 0 Å². The number of hydrogen-bond donors (Lipinski definition) is 0. The molecule has 0 fully saturated rings. The van der Waals surface area contributed by atoms with Crippen LogP contribution in [0.3, 0.4) is 0 Å². The van der Waals surface area contributed by atoms with Crippen LogP contribution in [0.1, 0.15) is 5.56 Å². The molecule has 0 bridgehead atoms. The second-order valence-corrected chi connectivity index (χ2v) is 4.13. The van der Waals surface area contributed by atoms with Crippen LogP contribution >= 0.6 is 23.2 Å². The third kappa shape index (κ3) is 3.26. The van der Waals surface area contributed by atoms with Gasteiger partial charge in [-0.15, -0.1) is 0 Å². The van der Waals surface area contributed by atoms with E-state index in [0.29, 0.717) is 21.2 Å². The van der Waals surface area contributed by atoms with Crippen molar-refractivity contribution in [1.82, 2.24) is 4.90 Å². The third-order valence-electron chi connectivity index (χ3n) is 1.77. The number of aldehydes is 1. The zero-order valence-corrected chi connectivity index (χ0v) is 10.0. The highest BCUT2D eigenvalue weighted by Crippen LogP contribution is 2.26. The summed E-state index contributed by atoms with van der Waals surface area (Å²) in [5.74, 6) is 0. The maximum Gasteiger partial charge on any atom is 0.152 e. The monoisotopic (exact) mass is 243 g/mol. The van der Waals surface area contributed by atoms with E-state index in [0.717, 1.165) is 6.29 Å². The van der Waals surface area contributed by atoms with E-state index in [1.165, 1.54) is 0 Å². The van der Waals surface area contributed by atoms with Crippen LogP contribution in [0.25, 0.3) is 5.57 Å². The average Bonchev–Trinajstić information content (AvgIpc) is 2.14. The summed E-state index contributed by atoms with van der Waals surface area (Å²) in [6, 6.07) is 5.05. The summed E-state index contributed by atoms with van der Waals surface area (Å²) >= 11 is 11.8. The summed E-state index contributed by atoms with van der Waals surface area (Å²) in [6.07, 6.45) is 2.48. The Kier molecular flexibility index (Phi) is 4.18. The molecule has 2 nitrogen and oxygen atoms in total. The Balaban J connectivity index is 3.19. The van der Waals surface area contributed by atoms with E-state index in [-0.39, 0.29) is 0 Å². The molecule has 1 aromatic rings. The molecule has 1 rings (SSSR count). The second-order valence-electron chi connectivity index (χ2n) is 3.29. The smallest absolute Gasteiger partial charge is 0.152 e. The van der Waals surface area contributed by atoms with E-state index in [2.05, 4.69) is 0 Å². The van der Waals surface area contributed by atoms with Gasteiger partial charge in [-0.3, -0.25) is 4.79 Å². The molecule has 0 aliphatic carbocycles. The average molecular weight is 244 g/mol. The quantitative estimate of drug-likeness (QED) is 0.601. The zero-order valence-electron chi connectivity index (χ0n) is 8.50. The standard InChI is InChI=1S/C11H11Cl2NO/c1-14(2)6-8(7-15)10-4-3-9(12)5-11(10)13/h3-7H,1-2H3. The molecule has 0 aliphatic rings. The summed E-state index contributed by atoms with van der Waals surface area (Å²) in [5, 5.41) is 1.03. The fraction of sp³-hybridized carbons (Fsp3) is 0.182. The molecule has 0 radical (unpaired) electrons. The molecule has 0 saturated heterocycles. The number of carbonyl (C=O) groups is 1. The van der Waals surface area contributed by atoms with Gasteiger partial charge in [0.1, 0.15) is 0 Å². The highest BCUT2D eigenvalue weighted by Gasteiger charge is 2.06. The van der Waals surface area contributed by atoms with Crippen molar-refractivity contribution in [3.8, 4) is 0 Å². The zero-order chi connectivity index (χ0) is 11.4. The molecule has 1 aromatic carbocycles. The van der Waals surface area contributed by atoms with Crippen molar-refractivity contribution in [1.29, 1.82) is 0 Å². The minimum absolute atomic E-state index is 0.475. The first kappa shape index (κ1) is 12.1. The number of carbonyl (C=O) groups excluding carboxylic acids is 1. The van der Waals surface area contributed by atoms with E-state index < -0.39 is 0 Å². The van der Waals surface area contributed by atoms with Gasteiger partial charge < -0.3 is 4.90 Å². The molecule has 0 N–H and O–H groups in total. The highest BCUT2D eigenvalue weighted by molar-refractivity contribution is 6.36. The van der Waals surface area contributed by atoms with Crippen molar-refractivity contribution in [2.24, 2.45) is 0 Å². The van der Waals surface area contributed by atoms with Gasteiger partial charge in [-0.25, -0.2) is 0 Å². The summed E-state index contributed by atoms with van der Waals surface area (Å²) in [5.41, 5.74) is 1.21. The predicted molar refractivity (Wildman–Crippen MR) is 64.2 cm³/mol. The Morgan fingerprint density at radius 2 is 2.00 bits per heavy atom. The number of allylic oxidation sites excluding steroid dienone is 1. The van der Waals surface area contributed by atoms with E-state index in [4.69, 9.17) is 23.2 Å². The van der Waals surface area contributed by atoms with Crippen LogP contribution in [0.5, 0.6) is 0 Å². The first-order valence-corrected chi connectivity index (χ1v) is 5.09. The molecule has 0 atom stereocenters. The molecule has 80 valence electrons. The predicted octanol–water partition coefficient (Wildman–Crippen LogP) is 3.09. The summed E-state index contributed by atoms with van der Waals surface area (Å²) < 4.78 is 0. The molecule has 15 heavy (non-hydrogen) atoms. The molecular weight excluding hydrogens is 233 g/mol. The highest BCUT2D eigenvalue weighted by atomic mass is 35.5. The van der Waals surface area contributed by atoms with Crippen LogP contribution in [-0.2, 0) is 4.79 Å². The molecule has 0 heterocycles. The van der Waals surface area contributed by atoms with Crippen molar-refractivity contribution >= 4 is 35.1 Å². The van der Waals surface area contributed by atoms with Crippen LogP contribution < -0.4 is 0 Å². The maximum atomic E-state index is 10.9. The SMILES string of the molecule is CN(C)C=C(C=O)c1ccc(Cl)cc1Cl. The Labute approximate surface area is 99.1 Å². The molecule has 0 spiro atoms. The number of benzene rings is 1. The lowest BCUT2D eigenvalue weighted by Gasteiger charge is -2.09. The Bertz CT molecular complexity index is 400. The summed E-state index contributed by atoms with van der Waals surface area (Å²) in [6.45, 7) is 0. The fourth-order valence-corrected chi connectivity index (χ4v) is 1.68. The molecule has 0 amide bonds. The lowest BCUT2D eigenvalue weighted by Crippen LogP contribution is -2.03. The van der Waals surface area contributed by atoms with Crippen molar-refractivity contribution < 1.29 is 4.79 Å². The Hall–Kier alpha value is -0.990. The number of nitrogens with zero attached hydrogens (tertiary/aromatic N) is 1. The first-order chi connectivity index (χ1) is 7.04. The first-order valence-electron chi connectivity index (χ1n) is 4.33. The minimum atomic E-state index is 0.475. The molecule has 0 aliphatic heterocycles. The van der Waals surface area contributed by atoms with Crippen LogP contribution in [-0.4, -0.2) is 25.3 Å². The van der Waals surface area contributed by atoms with Gasteiger partial charge in [0, 0.05) is 36.5 Å². The van der Waals surface area contributed by atoms with E-state index in [1.807, 2.05) is 14.1 Å². The van der Waals surface area contributed by atoms with Crippen molar-refractivity contribution in [3.05, 3.63) is 40.0 Å². The van der Waals surface area contributed by atoms with Gasteiger partial charge in [-0.1, -0.05) is 29.3 Å². The van der Waals surface area contributed by atoms with Gasteiger partial charge in [0.15, 0.2) is 6.29 Å². The second kappa shape index (κ2) is 5.19. The van der Waals surface area contributed by atoms with Crippen LogP contribution in [0.15, 0.2) is 24.4 Å². The molecule has 4 heteroatoms. The lowest BCUT2D eigenvalue weighted by atomic mass is 10.1. The Morgan fingerprint density at radius 1 is 1.33 bits per heavy atom. The largest absolute Gasteiger partial charge is 0.383 e. The number of halogens is 2. The van der Waals surface area contributed by atoms with Gasteiger partial charge in [0.05, 0.1) is 5.02 Å². The Morgan fingerprint density at radius 3 is 2.47 bits per heavy atom. The van der Waals surface area contributed by atoms with Gasteiger partial charge in [0.25, 0.3) is 0 Å². The van der Waals surface area contributed by atoms with Crippen LogP contribution in [0.4, 0.5) is 0 Å². The third-order valence-corrected chi connectivity index (χ3v) is 2.31. The van der Waals surface area contributed by atoms with Gasteiger partial charge in [0.2, 0.25) is 0 Å². The topological polar surface area (TPSA) is 20.3 Å². The van der Waals surface area contributed by atoms with Crippen molar-refractivity contribution in [2.45, 2.75) is 0 Å². The summed E-state index contributed by atoms with van der Waals surface area (Å²) in [4.78, 5) is 12.7. The van der Waals surface area contributed by atoms with E-state index in [1.54, 1.807) is 29.3 Å². The van der Waals surface area contributed by atoms with Gasteiger partial charge in [-0.05, 0) is 12.1 Å². The maximum absolute atomic E-state index is 10.9. The minimum Gasteiger partial charge on any atom is -0.383 e. The normalized spacial score (nSPS) is 11.3.